The van der Waals surface area contributed by atoms with Gasteiger partial charge in [0.2, 0.25) is 5.89 Å². The van der Waals surface area contributed by atoms with Gasteiger partial charge in [-0.15, -0.1) is 21.5 Å². The van der Waals surface area contributed by atoms with Crippen LogP contribution in [0.15, 0.2) is 46.3 Å². The molecule has 20 heavy (non-hydrogen) atoms. The highest BCUT2D eigenvalue weighted by Gasteiger charge is 2.09. The number of nitrogens with zero attached hydrogens (tertiary/aromatic N) is 3. The number of ether oxygens (including phenoxy) is 1. The van der Waals surface area contributed by atoms with E-state index in [1.807, 2.05) is 24.3 Å². The lowest BCUT2D eigenvalue weighted by Gasteiger charge is -1.94. The van der Waals surface area contributed by atoms with E-state index in [1.54, 1.807) is 30.8 Å². The minimum absolute atomic E-state index is 0.513. The number of hydrogen-bond donors (Lipinski definition) is 0. The van der Waals surface area contributed by atoms with Crippen LogP contribution in [0, 0.1) is 0 Å². The average molecular weight is 305 g/mol. The molecule has 0 unspecified atom stereocenters. The molecule has 0 saturated heterocycles. The van der Waals surface area contributed by atoms with Gasteiger partial charge >= 0.3 is 0 Å². The van der Waals surface area contributed by atoms with Crippen molar-refractivity contribution in [3.05, 3.63) is 41.5 Å². The second-order valence-electron chi connectivity index (χ2n) is 3.82. The first-order chi connectivity index (χ1) is 9.85. The summed E-state index contributed by atoms with van der Waals surface area (Å²) in [6, 6.07) is 7.67. The van der Waals surface area contributed by atoms with Crippen LogP contribution in [0.1, 0.15) is 4.88 Å². The van der Waals surface area contributed by atoms with Crippen molar-refractivity contribution in [2.75, 3.05) is 7.11 Å². The molecule has 3 heterocycles. The predicted octanol–water partition coefficient (Wildman–Crippen LogP) is 3.49. The first-order valence-corrected chi connectivity index (χ1v) is 7.65. The lowest BCUT2D eigenvalue weighted by molar-refractivity contribution is 0.427. The maximum atomic E-state index is 5.61. The molecule has 0 bridgehead atoms. The topological polar surface area (TPSA) is 61.0 Å². The molecule has 5 nitrogen and oxygen atoms in total. The largest absolute Gasteiger partial charge is 0.487 e. The summed E-state index contributed by atoms with van der Waals surface area (Å²) >= 11 is 3.13. The van der Waals surface area contributed by atoms with Crippen LogP contribution in [0.4, 0.5) is 0 Å². The molecular weight excluding hydrogens is 294 g/mol. The minimum atomic E-state index is 0.513. The smallest absolute Gasteiger partial charge is 0.277 e. The van der Waals surface area contributed by atoms with Crippen LogP contribution in [-0.2, 0) is 5.75 Å². The second-order valence-corrected chi connectivity index (χ2v) is 5.88. The number of methoxy groups -OCH3 is 1. The molecule has 0 spiro atoms. The van der Waals surface area contributed by atoms with E-state index in [1.165, 1.54) is 16.6 Å². The van der Waals surface area contributed by atoms with E-state index < -0.39 is 0 Å². The number of thioether (sulfide) groups is 1. The van der Waals surface area contributed by atoms with E-state index in [4.69, 9.17) is 9.15 Å². The summed E-state index contributed by atoms with van der Waals surface area (Å²) in [5.41, 5.74) is 0.872. The molecule has 3 aromatic heterocycles. The van der Waals surface area contributed by atoms with Gasteiger partial charge in [0.05, 0.1) is 7.11 Å². The van der Waals surface area contributed by atoms with Gasteiger partial charge < -0.3 is 9.15 Å². The van der Waals surface area contributed by atoms with Crippen molar-refractivity contribution in [3.8, 4) is 16.5 Å². The van der Waals surface area contributed by atoms with Crippen LogP contribution < -0.4 is 4.74 Å². The molecule has 3 rings (SSSR count). The Kier molecular flexibility index (Phi) is 3.98. The third-order valence-electron chi connectivity index (χ3n) is 2.51. The van der Waals surface area contributed by atoms with Crippen molar-refractivity contribution in [2.24, 2.45) is 0 Å². The third kappa shape index (κ3) is 3.00. The van der Waals surface area contributed by atoms with Crippen molar-refractivity contribution in [2.45, 2.75) is 11.0 Å². The molecule has 0 aliphatic heterocycles. The van der Waals surface area contributed by atoms with Crippen molar-refractivity contribution in [1.29, 1.82) is 0 Å². The van der Waals surface area contributed by atoms with E-state index in [0.717, 1.165) is 16.4 Å². The highest BCUT2D eigenvalue weighted by molar-refractivity contribution is 7.98. The third-order valence-corrected chi connectivity index (χ3v) is 4.61. The van der Waals surface area contributed by atoms with E-state index in [0.29, 0.717) is 11.1 Å². The Hall–Kier alpha value is -1.86. The summed E-state index contributed by atoms with van der Waals surface area (Å²) in [4.78, 5) is 5.16. The SMILES string of the molecule is COc1ccc(CSc2nnc(-c3ccncc3)o2)s1. The fourth-order valence-corrected chi connectivity index (χ4v) is 3.18. The summed E-state index contributed by atoms with van der Waals surface area (Å²) in [5, 5.41) is 9.53. The Labute approximate surface area is 124 Å². The Balaban J connectivity index is 1.65. The van der Waals surface area contributed by atoms with Crippen LogP contribution in [0.3, 0.4) is 0 Å². The fourth-order valence-electron chi connectivity index (χ4n) is 1.56. The van der Waals surface area contributed by atoms with Gasteiger partial charge in [-0.3, -0.25) is 4.98 Å². The van der Waals surface area contributed by atoms with E-state index in [-0.39, 0.29) is 0 Å². The standard InChI is InChI=1S/C13H11N3O2S2/c1-17-11-3-2-10(20-11)8-19-13-16-15-12(18-13)9-4-6-14-7-5-9/h2-7H,8H2,1H3. The first-order valence-electron chi connectivity index (χ1n) is 5.84. The Morgan fingerprint density at radius 1 is 1.20 bits per heavy atom. The number of rotatable bonds is 5. The van der Waals surface area contributed by atoms with Crippen LogP contribution in [0.2, 0.25) is 0 Å². The molecule has 7 heteroatoms. The zero-order chi connectivity index (χ0) is 13.8. The number of pyridine rings is 1. The molecule has 0 fully saturated rings. The molecule has 0 amide bonds. The van der Waals surface area contributed by atoms with Crippen molar-refractivity contribution < 1.29 is 9.15 Å². The number of aromatic nitrogens is 3. The Bertz CT molecular complexity index is 682. The molecule has 0 aliphatic carbocycles. The van der Waals surface area contributed by atoms with Gasteiger partial charge in [-0.2, -0.15) is 0 Å². The van der Waals surface area contributed by atoms with E-state index in [9.17, 15) is 0 Å². The Morgan fingerprint density at radius 2 is 2.05 bits per heavy atom. The lowest BCUT2D eigenvalue weighted by Crippen LogP contribution is -1.77. The molecular formula is C13H11N3O2S2. The monoisotopic (exact) mass is 305 g/mol. The first kappa shape index (κ1) is 13.1. The van der Waals surface area contributed by atoms with Crippen molar-refractivity contribution in [3.63, 3.8) is 0 Å². The molecule has 0 aromatic carbocycles. The maximum Gasteiger partial charge on any atom is 0.277 e. The molecule has 0 aliphatic rings. The molecule has 3 aromatic rings. The predicted molar refractivity (Wildman–Crippen MR) is 78.0 cm³/mol. The fraction of sp³-hybridized carbons (Fsp3) is 0.154. The summed E-state index contributed by atoms with van der Waals surface area (Å²) in [5.74, 6) is 1.30. The second kappa shape index (κ2) is 6.06. The Morgan fingerprint density at radius 3 is 2.80 bits per heavy atom. The summed E-state index contributed by atoms with van der Waals surface area (Å²) in [6.45, 7) is 0. The van der Waals surface area contributed by atoms with Crippen molar-refractivity contribution in [1.82, 2.24) is 15.2 Å². The highest BCUT2D eigenvalue weighted by Crippen LogP contribution is 2.30. The van der Waals surface area contributed by atoms with Gasteiger partial charge in [0.25, 0.3) is 5.22 Å². The summed E-state index contributed by atoms with van der Waals surface area (Å²) in [7, 11) is 1.67. The molecule has 102 valence electrons. The van der Waals surface area contributed by atoms with E-state index in [2.05, 4.69) is 15.2 Å². The van der Waals surface area contributed by atoms with Gasteiger partial charge in [0.15, 0.2) is 5.06 Å². The lowest BCUT2D eigenvalue weighted by atomic mass is 10.3. The van der Waals surface area contributed by atoms with Crippen molar-refractivity contribution >= 4 is 23.1 Å². The quantitative estimate of drug-likeness (QED) is 0.672. The van der Waals surface area contributed by atoms with Crippen LogP contribution >= 0.6 is 23.1 Å². The molecule has 0 N–H and O–H groups in total. The zero-order valence-electron chi connectivity index (χ0n) is 10.6. The minimum Gasteiger partial charge on any atom is -0.487 e. The van der Waals surface area contributed by atoms with Crippen LogP contribution in [-0.4, -0.2) is 22.3 Å². The zero-order valence-corrected chi connectivity index (χ0v) is 12.3. The van der Waals surface area contributed by atoms with Crippen LogP contribution in [0.5, 0.6) is 5.06 Å². The summed E-state index contributed by atoms with van der Waals surface area (Å²) < 4.78 is 10.8. The molecule has 0 atom stereocenters. The highest BCUT2D eigenvalue weighted by atomic mass is 32.2. The number of hydrogen-bond acceptors (Lipinski definition) is 7. The van der Waals surface area contributed by atoms with Crippen LogP contribution in [0.25, 0.3) is 11.5 Å². The van der Waals surface area contributed by atoms with Gasteiger partial charge in [0, 0.05) is 28.6 Å². The van der Waals surface area contributed by atoms with E-state index >= 15 is 0 Å². The average Bonchev–Trinajstić information content (AvgIpc) is 3.15. The maximum absolute atomic E-state index is 5.61. The normalized spacial score (nSPS) is 10.7. The van der Waals surface area contributed by atoms with Gasteiger partial charge in [0.1, 0.15) is 0 Å². The summed E-state index contributed by atoms with van der Waals surface area (Å²) in [6.07, 6.45) is 3.40. The number of thiophene rings is 1. The van der Waals surface area contributed by atoms with Gasteiger partial charge in [-0.05, 0) is 24.3 Å². The molecule has 0 saturated carbocycles. The van der Waals surface area contributed by atoms with Gasteiger partial charge in [-0.25, -0.2) is 0 Å². The molecule has 0 radical (unpaired) electrons. The van der Waals surface area contributed by atoms with Gasteiger partial charge in [-0.1, -0.05) is 11.8 Å².